The van der Waals surface area contributed by atoms with Crippen LogP contribution in [0.15, 0.2) is 78.9 Å². The normalized spacial score (nSPS) is 10.6. The molecule has 6 heteroatoms. The Kier molecular flexibility index (Phi) is 7.54. The first-order valence-corrected chi connectivity index (χ1v) is 10.1. The van der Waals surface area contributed by atoms with Gasteiger partial charge in [-0.3, -0.25) is 14.4 Å². The van der Waals surface area contributed by atoms with Crippen LogP contribution in [0.3, 0.4) is 0 Å². The Labute approximate surface area is 186 Å². The Balaban J connectivity index is 1.58. The maximum absolute atomic E-state index is 12.4. The summed E-state index contributed by atoms with van der Waals surface area (Å²) >= 11 is 0. The van der Waals surface area contributed by atoms with Gasteiger partial charge in [0.25, 0.3) is 5.91 Å². The summed E-state index contributed by atoms with van der Waals surface area (Å²) in [4.78, 5) is 35.8. The minimum absolute atomic E-state index is 0.239. The quantitative estimate of drug-likeness (QED) is 0.330. The van der Waals surface area contributed by atoms with Crippen molar-refractivity contribution in [3.05, 3.63) is 101 Å². The number of rotatable bonds is 7. The van der Waals surface area contributed by atoms with Crippen molar-refractivity contribution in [1.82, 2.24) is 5.32 Å². The minimum Gasteiger partial charge on any atom is -0.427 e. The number of esters is 1. The monoisotopic (exact) mass is 428 g/mol. The average molecular weight is 428 g/mol. The number of aryl methyl sites for hydroxylation is 1. The first-order chi connectivity index (χ1) is 15.4. The summed E-state index contributed by atoms with van der Waals surface area (Å²) in [7, 11) is 0. The summed E-state index contributed by atoms with van der Waals surface area (Å²) in [6.45, 7) is 3.57. The van der Waals surface area contributed by atoms with E-state index in [2.05, 4.69) is 10.6 Å². The maximum Gasteiger partial charge on any atom is 0.308 e. The van der Waals surface area contributed by atoms with Crippen molar-refractivity contribution in [2.24, 2.45) is 0 Å². The molecule has 162 valence electrons. The second kappa shape index (κ2) is 10.7. The SMILES string of the molecule is CC(=O)Oc1cccc(C(=O)NCc2cccc(NC(=O)/C=C/c3ccccc3C)c2)c1. The Hall–Kier alpha value is -4.19. The number of amides is 2. The molecule has 3 aromatic carbocycles. The van der Waals surface area contributed by atoms with Gasteiger partial charge in [0.2, 0.25) is 5.91 Å². The third-order valence-corrected chi connectivity index (χ3v) is 4.61. The smallest absolute Gasteiger partial charge is 0.308 e. The van der Waals surface area contributed by atoms with E-state index >= 15 is 0 Å². The van der Waals surface area contributed by atoms with Gasteiger partial charge in [0.1, 0.15) is 5.75 Å². The van der Waals surface area contributed by atoms with E-state index in [1.807, 2.05) is 43.3 Å². The largest absolute Gasteiger partial charge is 0.427 e. The number of carbonyl (C=O) groups is 3. The highest BCUT2D eigenvalue weighted by Crippen LogP contribution is 2.15. The number of anilines is 1. The molecule has 0 heterocycles. The van der Waals surface area contributed by atoms with Crippen LogP contribution in [0.2, 0.25) is 0 Å². The van der Waals surface area contributed by atoms with Crippen molar-refractivity contribution in [1.29, 1.82) is 0 Å². The predicted octanol–water partition coefficient (Wildman–Crippen LogP) is 4.50. The number of carbonyl (C=O) groups excluding carboxylic acids is 3. The number of nitrogens with one attached hydrogen (secondary N) is 2. The first-order valence-electron chi connectivity index (χ1n) is 10.1. The van der Waals surface area contributed by atoms with Crippen molar-refractivity contribution < 1.29 is 19.1 Å². The molecule has 0 saturated carbocycles. The van der Waals surface area contributed by atoms with Gasteiger partial charge in [-0.15, -0.1) is 0 Å². The molecule has 0 unspecified atom stereocenters. The van der Waals surface area contributed by atoms with Gasteiger partial charge < -0.3 is 15.4 Å². The van der Waals surface area contributed by atoms with Crippen molar-refractivity contribution in [2.45, 2.75) is 20.4 Å². The van der Waals surface area contributed by atoms with Gasteiger partial charge in [0.15, 0.2) is 0 Å². The molecule has 2 N–H and O–H groups in total. The number of ether oxygens (including phenoxy) is 1. The maximum atomic E-state index is 12.4. The molecular weight excluding hydrogens is 404 g/mol. The molecular formula is C26H24N2O4. The van der Waals surface area contributed by atoms with E-state index in [0.717, 1.165) is 16.7 Å². The molecule has 0 aliphatic rings. The molecule has 3 aromatic rings. The zero-order valence-corrected chi connectivity index (χ0v) is 17.9. The van der Waals surface area contributed by atoms with Crippen LogP contribution in [0.4, 0.5) is 5.69 Å². The van der Waals surface area contributed by atoms with Crippen molar-refractivity contribution in [3.63, 3.8) is 0 Å². The topological polar surface area (TPSA) is 84.5 Å². The summed E-state index contributed by atoms with van der Waals surface area (Å²) < 4.78 is 5.01. The molecule has 0 aliphatic heterocycles. The van der Waals surface area contributed by atoms with Crippen molar-refractivity contribution in [2.75, 3.05) is 5.32 Å². The van der Waals surface area contributed by atoms with Gasteiger partial charge >= 0.3 is 5.97 Å². The Morgan fingerprint density at radius 1 is 0.938 bits per heavy atom. The number of hydrogen-bond acceptors (Lipinski definition) is 4. The molecule has 0 aliphatic carbocycles. The van der Waals surface area contributed by atoms with E-state index < -0.39 is 5.97 Å². The molecule has 0 radical (unpaired) electrons. The van der Waals surface area contributed by atoms with Crippen LogP contribution in [0.5, 0.6) is 5.75 Å². The fourth-order valence-electron chi connectivity index (χ4n) is 3.03. The lowest BCUT2D eigenvalue weighted by Crippen LogP contribution is -2.23. The van der Waals surface area contributed by atoms with Crippen LogP contribution in [-0.2, 0) is 16.1 Å². The highest BCUT2D eigenvalue weighted by molar-refractivity contribution is 6.02. The van der Waals surface area contributed by atoms with Gasteiger partial charge in [-0.05, 0) is 60.0 Å². The van der Waals surface area contributed by atoms with Crippen molar-refractivity contribution >= 4 is 29.5 Å². The first kappa shape index (κ1) is 22.5. The highest BCUT2D eigenvalue weighted by Gasteiger charge is 2.08. The fourth-order valence-corrected chi connectivity index (χ4v) is 3.03. The van der Waals surface area contributed by atoms with Crippen LogP contribution < -0.4 is 15.4 Å². The minimum atomic E-state index is -0.449. The van der Waals surface area contributed by atoms with Gasteiger partial charge in [0, 0.05) is 30.8 Å². The zero-order valence-electron chi connectivity index (χ0n) is 17.9. The third-order valence-electron chi connectivity index (χ3n) is 4.61. The summed E-state index contributed by atoms with van der Waals surface area (Å²) in [5.41, 5.74) is 3.92. The molecule has 3 rings (SSSR count). The molecule has 0 atom stereocenters. The molecule has 32 heavy (non-hydrogen) atoms. The van der Waals surface area contributed by atoms with Gasteiger partial charge in [-0.25, -0.2) is 0 Å². The van der Waals surface area contributed by atoms with Crippen LogP contribution >= 0.6 is 0 Å². The number of benzene rings is 3. The van der Waals surface area contributed by atoms with E-state index in [9.17, 15) is 14.4 Å². The third kappa shape index (κ3) is 6.67. The lowest BCUT2D eigenvalue weighted by molar-refractivity contribution is -0.131. The standard InChI is InChI=1S/C26H24N2O4/c1-18-7-3-4-9-21(18)13-14-25(30)28-23-11-5-8-20(15-23)17-27-26(31)22-10-6-12-24(16-22)32-19(2)29/h3-16H,17H2,1-2H3,(H,27,31)(H,28,30)/b14-13+. The molecule has 2 amide bonds. The van der Waals surface area contributed by atoms with Crippen LogP contribution in [0.1, 0.15) is 34.0 Å². The van der Waals surface area contributed by atoms with Crippen LogP contribution in [0.25, 0.3) is 6.08 Å². The fraction of sp³-hybridized carbons (Fsp3) is 0.115. The van der Waals surface area contributed by atoms with Crippen molar-refractivity contribution in [3.8, 4) is 5.75 Å². The lowest BCUT2D eigenvalue weighted by atomic mass is 10.1. The van der Waals surface area contributed by atoms with Gasteiger partial charge in [-0.1, -0.05) is 42.5 Å². The molecule has 0 bridgehead atoms. The van der Waals surface area contributed by atoms with E-state index in [1.165, 1.54) is 19.1 Å². The second-order valence-corrected chi connectivity index (χ2v) is 7.18. The molecule has 0 spiro atoms. The Morgan fingerprint density at radius 2 is 1.72 bits per heavy atom. The molecule has 6 nitrogen and oxygen atoms in total. The Bertz CT molecular complexity index is 1170. The summed E-state index contributed by atoms with van der Waals surface area (Å²) in [5, 5.41) is 5.65. The molecule has 0 fully saturated rings. The Morgan fingerprint density at radius 3 is 2.50 bits per heavy atom. The van der Waals surface area contributed by atoms with E-state index in [-0.39, 0.29) is 18.4 Å². The second-order valence-electron chi connectivity index (χ2n) is 7.18. The van der Waals surface area contributed by atoms with E-state index in [1.54, 1.807) is 36.4 Å². The summed E-state index contributed by atoms with van der Waals surface area (Å²) in [5.74, 6) is -0.671. The molecule has 0 saturated heterocycles. The lowest BCUT2D eigenvalue weighted by Gasteiger charge is -2.09. The highest BCUT2D eigenvalue weighted by atomic mass is 16.5. The van der Waals surface area contributed by atoms with E-state index in [4.69, 9.17) is 4.74 Å². The summed E-state index contributed by atoms with van der Waals surface area (Å²) in [6.07, 6.45) is 3.27. The molecule has 0 aromatic heterocycles. The number of hydrogen-bond donors (Lipinski definition) is 2. The summed E-state index contributed by atoms with van der Waals surface area (Å²) in [6, 6.07) is 21.5. The van der Waals surface area contributed by atoms with Gasteiger partial charge in [0.05, 0.1) is 0 Å². The zero-order chi connectivity index (χ0) is 22.9. The van der Waals surface area contributed by atoms with Crippen LogP contribution in [-0.4, -0.2) is 17.8 Å². The van der Waals surface area contributed by atoms with E-state index in [0.29, 0.717) is 17.0 Å². The predicted molar refractivity (Wildman–Crippen MR) is 124 cm³/mol. The van der Waals surface area contributed by atoms with Crippen LogP contribution in [0, 0.1) is 6.92 Å². The average Bonchev–Trinajstić information content (AvgIpc) is 2.77. The van der Waals surface area contributed by atoms with Gasteiger partial charge in [-0.2, -0.15) is 0 Å².